The molecule has 0 saturated carbocycles. The predicted molar refractivity (Wildman–Crippen MR) is 72.8 cm³/mol. The van der Waals surface area contributed by atoms with Gasteiger partial charge < -0.3 is 14.2 Å². The lowest BCUT2D eigenvalue weighted by atomic mass is 10.2. The maximum absolute atomic E-state index is 11.8. The van der Waals surface area contributed by atoms with Crippen molar-refractivity contribution in [2.75, 3.05) is 14.2 Å². The molecule has 0 heterocycles. The second-order valence-electron chi connectivity index (χ2n) is 3.59. The van der Waals surface area contributed by atoms with E-state index >= 15 is 0 Å². The van der Waals surface area contributed by atoms with Gasteiger partial charge in [0.2, 0.25) is 0 Å². The van der Waals surface area contributed by atoms with Gasteiger partial charge in [0.25, 0.3) is 0 Å². The Hall–Kier alpha value is -2.49. The van der Waals surface area contributed by atoms with Crippen LogP contribution in [0.25, 0.3) is 0 Å². The normalized spacial score (nSPS) is 10.0. The molecule has 1 aromatic rings. The van der Waals surface area contributed by atoms with Crippen molar-refractivity contribution < 1.29 is 19.0 Å². The summed E-state index contributed by atoms with van der Waals surface area (Å²) in [5, 5.41) is 0. The molecule has 0 N–H and O–H groups in total. The summed E-state index contributed by atoms with van der Waals surface area (Å²) in [6, 6.07) is 6.60. The first kappa shape index (κ1) is 14.6. The van der Waals surface area contributed by atoms with Crippen molar-refractivity contribution in [2.45, 2.75) is 0 Å². The summed E-state index contributed by atoms with van der Waals surface area (Å²) in [5.74, 6) is 0.840. The first-order valence-corrected chi connectivity index (χ1v) is 5.53. The molecule has 0 aliphatic heterocycles. The number of allylic oxidation sites excluding steroid dienone is 2. The number of hydrogen-bond donors (Lipinski definition) is 0. The molecule has 0 unspecified atom stereocenters. The summed E-state index contributed by atoms with van der Waals surface area (Å²) in [6.07, 6.45) is 3.07. The maximum Gasteiger partial charge on any atom is 0.343 e. The number of esters is 1. The zero-order chi connectivity index (χ0) is 14.3. The Bertz CT molecular complexity index is 497. The van der Waals surface area contributed by atoms with Crippen LogP contribution in [-0.2, 0) is 9.47 Å². The molecule has 1 rings (SSSR count). The van der Waals surface area contributed by atoms with Crippen molar-refractivity contribution in [3.8, 4) is 5.75 Å². The lowest BCUT2D eigenvalue weighted by Gasteiger charge is -2.05. The average Bonchev–Trinajstić information content (AvgIpc) is 2.44. The van der Waals surface area contributed by atoms with Crippen molar-refractivity contribution in [1.29, 1.82) is 0 Å². The fraction of sp³-hybridized carbons (Fsp3) is 0.133. The van der Waals surface area contributed by atoms with Gasteiger partial charge in [-0.25, -0.2) is 4.79 Å². The Morgan fingerprint density at radius 1 is 1.05 bits per heavy atom. The fourth-order valence-corrected chi connectivity index (χ4v) is 1.19. The fourth-order valence-electron chi connectivity index (χ4n) is 1.19. The van der Waals surface area contributed by atoms with Gasteiger partial charge in [0.15, 0.2) is 0 Å². The first-order chi connectivity index (χ1) is 9.06. The highest BCUT2D eigenvalue weighted by molar-refractivity contribution is 5.90. The molecule has 0 aliphatic carbocycles. The lowest BCUT2D eigenvalue weighted by Crippen LogP contribution is -2.03. The Kier molecular flexibility index (Phi) is 5.41. The van der Waals surface area contributed by atoms with Crippen LogP contribution in [0.1, 0.15) is 10.4 Å². The number of benzene rings is 1. The van der Waals surface area contributed by atoms with Gasteiger partial charge in [0.1, 0.15) is 17.3 Å². The molecule has 4 heteroatoms. The molecule has 0 aromatic heterocycles. The van der Waals surface area contributed by atoms with Crippen LogP contribution in [0.3, 0.4) is 0 Å². The van der Waals surface area contributed by atoms with Gasteiger partial charge in [-0.2, -0.15) is 0 Å². The Labute approximate surface area is 112 Å². The average molecular weight is 260 g/mol. The van der Waals surface area contributed by atoms with E-state index in [4.69, 9.17) is 14.2 Å². The summed E-state index contributed by atoms with van der Waals surface area (Å²) in [6.45, 7) is 7.21. The monoisotopic (exact) mass is 260 g/mol. The van der Waals surface area contributed by atoms with E-state index in [1.807, 2.05) is 0 Å². The number of carbonyl (C=O) groups is 1. The van der Waals surface area contributed by atoms with Gasteiger partial charge in [-0.1, -0.05) is 13.2 Å². The lowest BCUT2D eigenvalue weighted by molar-refractivity contribution is 0.0638. The molecule has 0 atom stereocenters. The number of carbonyl (C=O) groups excluding carboxylic acids is 1. The van der Waals surface area contributed by atoms with Crippen LogP contribution >= 0.6 is 0 Å². The Morgan fingerprint density at radius 3 is 2.16 bits per heavy atom. The van der Waals surface area contributed by atoms with Gasteiger partial charge in [0.05, 0.1) is 19.8 Å². The largest absolute Gasteiger partial charge is 0.497 e. The summed E-state index contributed by atoms with van der Waals surface area (Å²) in [5.41, 5.74) is 0.418. The molecule has 0 saturated heterocycles. The van der Waals surface area contributed by atoms with Crippen molar-refractivity contribution in [1.82, 2.24) is 0 Å². The van der Waals surface area contributed by atoms with Gasteiger partial charge in [-0.15, -0.1) is 0 Å². The number of ether oxygens (including phenoxy) is 3. The van der Waals surface area contributed by atoms with E-state index in [1.54, 1.807) is 37.5 Å². The Morgan fingerprint density at radius 2 is 1.63 bits per heavy atom. The summed E-state index contributed by atoms with van der Waals surface area (Å²) < 4.78 is 14.9. The third-order valence-corrected chi connectivity index (χ3v) is 2.27. The maximum atomic E-state index is 11.8. The number of hydrogen-bond acceptors (Lipinski definition) is 4. The van der Waals surface area contributed by atoms with E-state index in [0.29, 0.717) is 17.1 Å². The van der Waals surface area contributed by atoms with Crippen LogP contribution in [0.2, 0.25) is 0 Å². The van der Waals surface area contributed by atoms with Crippen LogP contribution in [0.4, 0.5) is 0 Å². The highest BCUT2D eigenvalue weighted by Gasteiger charge is 2.07. The molecule has 0 spiro atoms. The summed E-state index contributed by atoms with van der Waals surface area (Å²) in [4.78, 5) is 11.8. The van der Waals surface area contributed by atoms with Crippen LogP contribution in [-0.4, -0.2) is 20.2 Å². The Balaban J connectivity index is 2.61. The van der Waals surface area contributed by atoms with Crippen LogP contribution < -0.4 is 4.74 Å². The minimum absolute atomic E-state index is 0.207. The molecule has 19 heavy (non-hydrogen) atoms. The van der Waals surface area contributed by atoms with Gasteiger partial charge in [-0.05, 0) is 36.4 Å². The standard InChI is InChI=1S/C15H16O4/c1-11(17-3)5-6-12(2)19-15(16)13-7-9-14(18-4)10-8-13/h5-10H,1-2H2,3-4H3/b6-5-. The van der Waals surface area contributed by atoms with Crippen molar-refractivity contribution in [3.05, 3.63) is 66.7 Å². The highest BCUT2D eigenvalue weighted by atomic mass is 16.5. The van der Waals surface area contributed by atoms with Crippen molar-refractivity contribution in [2.24, 2.45) is 0 Å². The van der Waals surface area contributed by atoms with E-state index in [-0.39, 0.29) is 5.76 Å². The molecular formula is C15H16O4. The van der Waals surface area contributed by atoms with Crippen LogP contribution in [0.5, 0.6) is 5.75 Å². The highest BCUT2D eigenvalue weighted by Crippen LogP contribution is 2.13. The molecule has 1 aromatic carbocycles. The van der Waals surface area contributed by atoms with Gasteiger partial charge >= 0.3 is 5.97 Å². The van der Waals surface area contributed by atoms with Gasteiger partial charge in [0, 0.05) is 0 Å². The summed E-state index contributed by atoms with van der Waals surface area (Å²) in [7, 11) is 3.06. The number of rotatable bonds is 6. The van der Waals surface area contributed by atoms with Crippen LogP contribution in [0.15, 0.2) is 61.1 Å². The SMILES string of the molecule is C=C(/C=C\C(=C)OC(=O)c1ccc(OC)cc1)OC. The molecular weight excluding hydrogens is 244 g/mol. The van der Waals surface area contributed by atoms with Crippen LogP contribution in [0, 0.1) is 0 Å². The van der Waals surface area contributed by atoms with E-state index in [2.05, 4.69) is 13.2 Å². The molecule has 4 nitrogen and oxygen atoms in total. The van der Waals surface area contributed by atoms with E-state index < -0.39 is 5.97 Å². The molecule has 0 fully saturated rings. The van der Waals surface area contributed by atoms with E-state index in [9.17, 15) is 4.79 Å². The van der Waals surface area contributed by atoms with Gasteiger partial charge in [-0.3, -0.25) is 0 Å². The molecule has 0 aliphatic rings. The number of methoxy groups -OCH3 is 2. The third-order valence-electron chi connectivity index (χ3n) is 2.27. The first-order valence-electron chi connectivity index (χ1n) is 5.53. The molecule has 0 amide bonds. The zero-order valence-electron chi connectivity index (χ0n) is 11.0. The topological polar surface area (TPSA) is 44.8 Å². The smallest absolute Gasteiger partial charge is 0.343 e. The zero-order valence-corrected chi connectivity index (χ0v) is 11.0. The predicted octanol–water partition coefficient (Wildman–Crippen LogP) is 3.08. The minimum Gasteiger partial charge on any atom is -0.497 e. The van der Waals surface area contributed by atoms with Crippen molar-refractivity contribution in [3.63, 3.8) is 0 Å². The van der Waals surface area contributed by atoms with E-state index in [1.165, 1.54) is 13.2 Å². The third kappa shape index (κ3) is 4.71. The molecule has 0 radical (unpaired) electrons. The second kappa shape index (κ2) is 7.06. The van der Waals surface area contributed by atoms with Crippen molar-refractivity contribution >= 4 is 5.97 Å². The molecule has 100 valence electrons. The quantitative estimate of drug-likeness (QED) is 0.448. The second-order valence-corrected chi connectivity index (χ2v) is 3.59. The minimum atomic E-state index is -0.486. The van der Waals surface area contributed by atoms with E-state index in [0.717, 1.165) is 0 Å². The summed E-state index contributed by atoms with van der Waals surface area (Å²) >= 11 is 0. The molecule has 0 bridgehead atoms.